The maximum absolute atomic E-state index is 12.5. The lowest BCUT2D eigenvalue weighted by Crippen LogP contribution is -2.35. The van der Waals surface area contributed by atoms with Gasteiger partial charge in [-0.05, 0) is 37.0 Å². The lowest BCUT2D eigenvalue weighted by Gasteiger charge is -2.20. The van der Waals surface area contributed by atoms with Crippen LogP contribution in [0.15, 0.2) is 22.7 Å². The zero-order chi connectivity index (χ0) is 18.1. The van der Waals surface area contributed by atoms with Gasteiger partial charge in [-0.1, -0.05) is 31.8 Å². The van der Waals surface area contributed by atoms with Crippen LogP contribution in [0.25, 0.3) is 11.4 Å². The molecule has 1 unspecified atom stereocenters. The highest BCUT2D eigenvalue weighted by molar-refractivity contribution is 5.79. The van der Waals surface area contributed by atoms with Crippen molar-refractivity contribution < 1.29 is 18.8 Å². The maximum Gasteiger partial charge on any atom is 0.249 e. The number of benzene rings is 1. The Balaban J connectivity index is 1.53. The third-order valence-corrected chi connectivity index (χ3v) is 5.03. The lowest BCUT2D eigenvalue weighted by molar-refractivity contribution is -0.126. The van der Waals surface area contributed by atoms with Crippen molar-refractivity contribution in [2.45, 2.75) is 45.6 Å². The van der Waals surface area contributed by atoms with Gasteiger partial charge >= 0.3 is 0 Å². The van der Waals surface area contributed by atoms with E-state index < -0.39 is 0 Å². The lowest BCUT2D eigenvalue weighted by atomic mass is 10.0. The van der Waals surface area contributed by atoms with Crippen molar-refractivity contribution in [3.8, 4) is 22.9 Å². The second-order valence-electron chi connectivity index (χ2n) is 7.24. The normalized spacial score (nSPS) is 17.7. The van der Waals surface area contributed by atoms with Crippen molar-refractivity contribution >= 4 is 5.91 Å². The Bertz CT molecular complexity index is 796. The summed E-state index contributed by atoms with van der Waals surface area (Å²) in [4.78, 5) is 17.0. The Morgan fingerprint density at radius 3 is 2.73 bits per heavy atom. The minimum absolute atomic E-state index is 0.0871. The van der Waals surface area contributed by atoms with Gasteiger partial charge in [0.2, 0.25) is 24.4 Å². The fraction of sp³-hybridized carbons (Fsp3) is 0.526. The number of ether oxygens (including phenoxy) is 2. The first kappa shape index (κ1) is 16.9. The molecule has 0 bridgehead atoms. The van der Waals surface area contributed by atoms with Crippen LogP contribution >= 0.6 is 0 Å². The van der Waals surface area contributed by atoms with Gasteiger partial charge in [0.1, 0.15) is 6.04 Å². The predicted octanol–water partition coefficient (Wildman–Crippen LogP) is 3.47. The number of carbonyl (C=O) groups excluding carboxylic acids is 1. The topological polar surface area (TPSA) is 86.5 Å². The van der Waals surface area contributed by atoms with Gasteiger partial charge in [0, 0.05) is 11.5 Å². The van der Waals surface area contributed by atoms with Crippen LogP contribution in [0, 0.1) is 11.8 Å². The van der Waals surface area contributed by atoms with E-state index in [2.05, 4.69) is 15.5 Å². The van der Waals surface area contributed by atoms with Crippen molar-refractivity contribution in [3.05, 3.63) is 24.1 Å². The molecule has 0 radical (unpaired) electrons. The molecule has 2 aliphatic rings. The molecule has 4 rings (SSSR count). The highest BCUT2D eigenvalue weighted by atomic mass is 16.7. The number of rotatable bonds is 5. The summed E-state index contributed by atoms with van der Waals surface area (Å²) in [6.45, 7) is 4.28. The molecule has 7 heteroatoms. The summed E-state index contributed by atoms with van der Waals surface area (Å²) in [6, 6.07) is 5.23. The second kappa shape index (κ2) is 6.97. The van der Waals surface area contributed by atoms with E-state index in [1.54, 1.807) is 0 Å². The van der Waals surface area contributed by atoms with Crippen LogP contribution in [0.1, 0.15) is 51.5 Å². The first-order chi connectivity index (χ1) is 12.6. The fourth-order valence-corrected chi connectivity index (χ4v) is 3.49. The molecule has 26 heavy (non-hydrogen) atoms. The third-order valence-electron chi connectivity index (χ3n) is 5.03. The summed E-state index contributed by atoms with van der Waals surface area (Å²) in [5.74, 6) is 2.62. The van der Waals surface area contributed by atoms with Crippen molar-refractivity contribution in [1.29, 1.82) is 0 Å². The molecule has 1 aromatic carbocycles. The van der Waals surface area contributed by atoms with Gasteiger partial charge in [-0.3, -0.25) is 4.79 Å². The summed E-state index contributed by atoms with van der Waals surface area (Å²) >= 11 is 0. The van der Waals surface area contributed by atoms with E-state index in [-0.39, 0.29) is 30.6 Å². The summed E-state index contributed by atoms with van der Waals surface area (Å²) in [5.41, 5.74) is 0.786. The van der Waals surface area contributed by atoms with E-state index in [1.165, 1.54) is 0 Å². The number of hydrogen-bond acceptors (Lipinski definition) is 6. The fourth-order valence-electron chi connectivity index (χ4n) is 3.49. The molecule has 1 N–H and O–H groups in total. The van der Waals surface area contributed by atoms with Crippen LogP contribution in [0.4, 0.5) is 0 Å². The van der Waals surface area contributed by atoms with Crippen LogP contribution in [-0.2, 0) is 4.79 Å². The molecule has 1 aliphatic carbocycles. The van der Waals surface area contributed by atoms with Crippen LogP contribution in [0.3, 0.4) is 0 Å². The molecule has 0 spiro atoms. The number of nitrogens with zero attached hydrogens (tertiary/aromatic N) is 2. The number of nitrogens with one attached hydrogen (secondary N) is 1. The van der Waals surface area contributed by atoms with Gasteiger partial charge in [-0.15, -0.1) is 0 Å². The summed E-state index contributed by atoms with van der Waals surface area (Å²) in [5, 5.41) is 7.19. The molecule has 2 heterocycles. The van der Waals surface area contributed by atoms with E-state index in [9.17, 15) is 4.79 Å². The van der Waals surface area contributed by atoms with Gasteiger partial charge in [-0.2, -0.15) is 4.98 Å². The molecular weight excluding hydrogens is 334 g/mol. The number of aromatic nitrogens is 2. The molecule has 0 saturated heterocycles. The Hall–Kier alpha value is -2.57. The molecule has 1 amide bonds. The van der Waals surface area contributed by atoms with E-state index >= 15 is 0 Å². The molecule has 1 aromatic heterocycles. The average Bonchev–Trinajstić information content (AvgIpc) is 3.39. The minimum atomic E-state index is -0.293. The Morgan fingerprint density at radius 2 is 1.96 bits per heavy atom. The zero-order valence-corrected chi connectivity index (χ0v) is 15.0. The maximum atomic E-state index is 12.5. The number of carbonyl (C=O) groups is 1. The van der Waals surface area contributed by atoms with Crippen molar-refractivity contribution in [3.63, 3.8) is 0 Å². The first-order valence-corrected chi connectivity index (χ1v) is 9.16. The van der Waals surface area contributed by atoms with E-state index in [1.807, 2.05) is 32.0 Å². The molecule has 1 aliphatic heterocycles. The van der Waals surface area contributed by atoms with Crippen LogP contribution in [-0.4, -0.2) is 22.8 Å². The van der Waals surface area contributed by atoms with Crippen molar-refractivity contribution in [1.82, 2.24) is 15.5 Å². The monoisotopic (exact) mass is 357 g/mol. The first-order valence-electron chi connectivity index (χ1n) is 9.16. The average molecular weight is 357 g/mol. The van der Waals surface area contributed by atoms with E-state index in [4.69, 9.17) is 14.0 Å². The Morgan fingerprint density at radius 1 is 1.19 bits per heavy atom. The van der Waals surface area contributed by atoms with Crippen molar-refractivity contribution in [2.24, 2.45) is 11.8 Å². The zero-order valence-electron chi connectivity index (χ0n) is 15.0. The molecular formula is C19H23N3O4. The number of hydrogen-bond donors (Lipinski definition) is 1. The third kappa shape index (κ3) is 3.25. The highest BCUT2D eigenvalue weighted by Crippen LogP contribution is 2.35. The minimum Gasteiger partial charge on any atom is -0.454 e. The van der Waals surface area contributed by atoms with Gasteiger partial charge in [0.05, 0.1) is 0 Å². The van der Waals surface area contributed by atoms with Gasteiger partial charge in [0.25, 0.3) is 0 Å². The van der Waals surface area contributed by atoms with Gasteiger partial charge in [-0.25, -0.2) is 0 Å². The summed E-state index contributed by atoms with van der Waals surface area (Å²) < 4.78 is 16.2. The highest BCUT2D eigenvalue weighted by Gasteiger charge is 2.29. The predicted molar refractivity (Wildman–Crippen MR) is 93.5 cm³/mol. The van der Waals surface area contributed by atoms with Crippen LogP contribution < -0.4 is 14.8 Å². The molecule has 2 aromatic rings. The second-order valence-corrected chi connectivity index (χ2v) is 7.24. The number of fused-ring (bicyclic) bond motifs is 1. The smallest absolute Gasteiger partial charge is 0.249 e. The Labute approximate surface area is 152 Å². The van der Waals surface area contributed by atoms with Crippen LogP contribution in [0.2, 0.25) is 0 Å². The molecule has 138 valence electrons. The standard InChI is InChI=1S/C19H23N3O4/c1-11(2)16(20-18(23)12-5-3-4-6-12)19-21-17(22-26-19)13-7-8-14-15(9-13)25-10-24-14/h7-9,11-12,16H,3-6,10H2,1-2H3,(H,20,23). The molecule has 1 atom stereocenters. The van der Waals surface area contributed by atoms with Gasteiger partial charge < -0.3 is 19.3 Å². The molecule has 7 nitrogen and oxygen atoms in total. The molecule has 1 saturated carbocycles. The summed E-state index contributed by atoms with van der Waals surface area (Å²) in [6.07, 6.45) is 4.17. The van der Waals surface area contributed by atoms with Gasteiger partial charge in [0.15, 0.2) is 11.5 Å². The van der Waals surface area contributed by atoms with Crippen LogP contribution in [0.5, 0.6) is 11.5 Å². The summed E-state index contributed by atoms with van der Waals surface area (Å²) in [7, 11) is 0. The van der Waals surface area contributed by atoms with Crippen molar-refractivity contribution in [2.75, 3.05) is 6.79 Å². The largest absolute Gasteiger partial charge is 0.454 e. The molecule has 1 fully saturated rings. The SMILES string of the molecule is CC(C)C(NC(=O)C1CCCC1)c1nc(-c2ccc3c(c2)OCO3)no1. The Kier molecular flexibility index (Phi) is 4.53. The van der Waals surface area contributed by atoms with E-state index in [0.717, 1.165) is 31.2 Å². The quantitative estimate of drug-likeness (QED) is 0.882. The number of amides is 1. The van der Waals surface area contributed by atoms with E-state index in [0.29, 0.717) is 23.2 Å².